The van der Waals surface area contributed by atoms with E-state index in [1.807, 2.05) is 0 Å². The van der Waals surface area contributed by atoms with Crippen LogP contribution in [-0.4, -0.2) is 18.0 Å². The summed E-state index contributed by atoms with van der Waals surface area (Å²) in [6.45, 7) is 1.50. The highest BCUT2D eigenvalue weighted by Crippen LogP contribution is 2.14. The van der Waals surface area contributed by atoms with E-state index in [0.717, 1.165) is 0 Å². The lowest BCUT2D eigenvalue weighted by Gasteiger charge is -2.13. The quantitative estimate of drug-likeness (QED) is 0.670. The molecule has 6 heteroatoms. The fourth-order valence-corrected chi connectivity index (χ4v) is 1.85. The molecule has 0 aliphatic heterocycles. The van der Waals surface area contributed by atoms with E-state index in [1.165, 1.54) is 13.0 Å². The van der Waals surface area contributed by atoms with Crippen LogP contribution in [0.15, 0.2) is 48.5 Å². The minimum Gasteiger partial charge on any atom is -0.449 e. The molecule has 0 radical (unpaired) electrons. The van der Waals surface area contributed by atoms with E-state index in [-0.39, 0.29) is 0 Å². The van der Waals surface area contributed by atoms with Crippen LogP contribution in [0.5, 0.6) is 0 Å². The Hall–Kier alpha value is -2.53. The van der Waals surface area contributed by atoms with Gasteiger partial charge in [-0.1, -0.05) is 17.7 Å². The number of carbonyl (C=O) groups excluding carboxylic acids is 2. The topological polar surface area (TPSA) is 81.4 Å². The van der Waals surface area contributed by atoms with Crippen LogP contribution in [-0.2, 0) is 9.53 Å². The van der Waals surface area contributed by atoms with Crippen molar-refractivity contribution in [2.75, 3.05) is 11.1 Å². The number of nitrogens with one attached hydrogen (secondary N) is 1. The number of nitrogen functional groups attached to an aromatic ring is 1. The summed E-state index contributed by atoms with van der Waals surface area (Å²) in [5.74, 6) is -1.04. The molecular weight excluding hydrogens is 304 g/mol. The van der Waals surface area contributed by atoms with Gasteiger partial charge in [0.1, 0.15) is 0 Å². The first kappa shape index (κ1) is 15.9. The van der Waals surface area contributed by atoms with Gasteiger partial charge in [0, 0.05) is 16.4 Å². The maximum Gasteiger partial charge on any atom is 0.338 e. The molecule has 0 aromatic heterocycles. The van der Waals surface area contributed by atoms with Crippen molar-refractivity contribution in [2.24, 2.45) is 0 Å². The highest BCUT2D eigenvalue weighted by atomic mass is 35.5. The highest BCUT2D eigenvalue weighted by molar-refractivity contribution is 6.30. The fraction of sp³-hybridized carbons (Fsp3) is 0.125. The SMILES string of the molecule is CC(OC(=O)c1cccc(N)c1)C(=O)Nc1ccc(Cl)cc1. The number of hydrogen-bond donors (Lipinski definition) is 2. The van der Waals surface area contributed by atoms with Gasteiger partial charge in [0.05, 0.1) is 5.56 Å². The van der Waals surface area contributed by atoms with Crippen molar-refractivity contribution >= 4 is 34.9 Å². The molecule has 0 saturated carbocycles. The molecule has 2 aromatic carbocycles. The second-order valence-electron chi connectivity index (χ2n) is 4.67. The summed E-state index contributed by atoms with van der Waals surface area (Å²) >= 11 is 5.77. The van der Waals surface area contributed by atoms with Gasteiger partial charge in [0.15, 0.2) is 6.10 Å². The molecule has 2 aromatic rings. The first-order valence-electron chi connectivity index (χ1n) is 6.58. The molecule has 0 spiro atoms. The molecule has 0 saturated heterocycles. The third-order valence-corrected chi connectivity index (χ3v) is 3.14. The van der Waals surface area contributed by atoms with Crippen LogP contribution in [0, 0.1) is 0 Å². The van der Waals surface area contributed by atoms with Crippen LogP contribution < -0.4 is 11.1 Å². The molecule has 1 amide bonds. The zero-order valence-electron chi connectivity index (χ0n) is 11.9. The largest absolute Gasteiger partial charge is 0.449 e. The number of anilines is 2. The van der Waals surface area contributed by atoms with E-state index in [9.17, 15) is 9.59 Å². The average Bonchev–Trinajstić information content (AvgIpc) is 2.49. The van der Waals surface area contributed by atoms with Gasteiger partial charge in [-0.3, -0.25) is 4.79 Å². The van der Waals surface area contributed by atoms with Crippen molar-refractivity contribution in [1.29, 1.82) is 0 Å². The van der Waals surface area contributed by atoms with Crippen molar-refractivity contribution in [1.82, 2.24) is 0 Å². The maximum atomic E-state index is 12.0. The number of esters is 1. The lowest BCUT2D eigenvalue weighted by molar-refractivity contribution is -0.123. The molecule has 1 unspecified atom stereocenters. The second kappa shape index (κ2) is 6.95. The Morgan fingerprint density at radius 2 is 1.86 bits per heavy atom. The standard InChI is InChI=1S/C16H15ClN2O3/c1-10(15(20)19-14-7-5-12(17)6-8-14)22-16(21)11-3-2-4-13(18)9-11/h2-10H,18H2,1H3,(H,19,20). The molecule has 5 nitrogen and oxygen atoms in total. The van der Waals surface area contributed by atoms with Crippen molar-refractivity contribution < 1.29 is 14.3 Å². The molecule has 0 aliphatic carbocycles. The van der Waals surface area contributed by atoms with Crippen LogP contribution in [0.3, 0.4) is 0 Å². The molecular formula is C16H15ClN2O3. The fourth-order valence-electron chi connectivity index (χ4n) is 1.72. The summed E-state index contributed by atoms with van der Waals surface area (Å²) in [5, 5.41) is 3.21. The van der Waals surface area contributed by atoms with Crippen LogP contribution in [0.4, 0.5) is 11.4 Å². The highest BCUT2D eigenvalue weighted by Gasteiger charge is 2.19. The smallest absolute Gasteiger partial charge is 0.338 e. The summed E-state index contributed by atoms with van der Waals surface area (Å²) in [6.07, 6.45) is -0.940. The van der Waals surface area contributed by atoms with Crippen molar-refractivity contribution in [3.63, 3.8) is 0 Å². The van der Waals surface area contributed by atoms with Crippen LogP contribution in [0.2, 0.25) is 5.02 Å². The number of amides is 1. The van der Waals surface area contributed by atoms with Crippen LogP contribution in [0.1, 0.15) is 17.3 Å². The molecule has 114 valence electrons. The molecule has 0 heterocycles. The molecule has 2 rings (SSSR count). The van der Waals surface area contributed by atoms with E-state index in [2.05, 4.69) is 5.32 Å². The predicted molar refractivity (Wildman–Crippen MR) is 85.8 cm³/mol. The number of benzene rings is 2. The van der Waals surface area contributed by atoms with Gasteiger partial charge in [-0.2, -0.15) is 0 Å². The zero-order valence-corrected chi connectivity index (χ0v) is 12.6. The predicted octanol–water partition coefficient (Wildman–Crippen LogP) is 3.11. The molecule has 0 bridgehead atoms. The van der Waals surface area contributed by atoms with E-state index in [0.29, 0.717) is 22.0 Å². The van der Waals surface area contributed by atoms with Gasteiger partial charge in [-0.25, -0.2) is 4.79 Å². The third kappa shape index (κ3) is 4.23. The Kier molecular flexibility index (Phi) is 5.01. The number of halogens is 1. The molecule has 0 aliphatic rings. The summed E-state index contributed by atoms with van der Waals surface area (Å²) in [4.78, 5) is 23.9. The Bertz CT molecular complexity index is 686. The number of rotatable bonds is 4. The number of carbonyl (C=O) groups is 2. The lowest BCUT2D eigenvalue weighted by Crippen LogP contribution is -2.30. The summed E-state index contributed by atoms with van der Waals surface area (Å²) in [5.41, 5.74) is 6.92. The summed E-state index contributed by atoms with van der Waals surface area (Å²) < 4.78 is 5.12. The summed E-state index contributed by atoms with van der Waals surface area (Å²) in [7, 11) is 0. The minimum absolute atomic E-state index is 0.297. The van der Waals surface area contributed by atoms with E-state index in [4.69, 9.17) is 22.1 Å². The van der Waals surface area contributed by atoms with E-state index < -0.39 is 18.0 Å². The molecule has 0 fully saturated rings. The molecule has 3 N–H and O–H groups in total. The van der Waals surface area contributed by atoms with Crippen molar-refractivity contribution in [2.45, 2.75) is 13.0 Å². The van der Waals surface area contributed by atoms with E-state index >= 15 is 0 Å². The normalized spacial score (nSPS) is 11.5. The monoisotopic (exact) mass is 318 g/mol. The second-order valence-corrected chi connectivity index (χ2v) is 5.11. The zero-order chi connectivity index (χ0) is 16.1. The lowest BCUT2D eigenvalue weighted by atomic mass is 10.2. The Morgan fingerprint density at radius 1 is 1.18 bits per heavy atom. The van der Waals surface area contributed by atoms with Crippen LogP contribution in [0.25, 0.3) is 0 Å². The van der Waals surface area contributed by atoms with Gasteiger partial charge in [-0.05, 0) is 49.4 Å². The number of ether oxygens (including phenoxy) is 1. The average molecular weight is 319 g/mol. The first-order chi connectivity index (χ1) is 10.5. The van der Waals surface area contributed by atoms with E-state index in [1.54, 1.807) is 42.5 Å². The summed E-state index contributed by atoms with van der Waals surface area (Å²) in [6, 6.07) is 13.0. The first-order valence-corrected chi connectivity index (χ1v) is 6.96. The number of nitrogens with two attached hydrogens (primary N) is 1. The molecule has 1 atom stereocenters. The van der Waals surface area contributed by atoms with Gasteiger partial charge in [0.2, 0.25) is 0 Å². The van der Waals surface area contributed by atoms with Gasteiger partial charge in [0.25, 0.3) is 5.91 Å². The Labute approximate surface area is 133 Å². The van der Waals surface area contributed by atoms with Gasteiger partial charge < -0.3 is 15.8 Å². The third-order valence-electron chi connectivity index (χ3n) is 2.89. The maximum absolute atomic E-state index is 12.0. The van der Waals surface area contributed by atoms with Crippen molar-refractivity contribution in [3.05, 3.63) is 59.1 Å². The molecule has 22 heavy (non-hydrogen) atoms. The van der Waals surface area contributed by atoms with Crippen LogP contribution >= 0.6 is 11.6 Å². The Morgan fingerprint density at radius 3 is 2.50 bits per heavy atom. The minimum atomic E-state index is -0.940. The number of hydrogen-bond acceptors (Lipinski definition) is 4. The Balaban J connectivity index is 1.96. The van der Waals surface area contributed by atoms with Gasteiger partial charge >= 0.3 is 5.97 Å². The van der Waals surface area contributed by atoms with Gasteiger partial charge in [-0.15, -0.1) is 0 Å². The van der Waals surface area contributed by atoms with Crippen molar-refractivity contribution in [3.8, 4) is 0 Å².